The van der Waals surface area contributed by atoms with Crippen LogP contribution in [0.1, 0.15) is 16.8 Å². The minimum Gasteiger partial charge on any atom is -0.444 e. The Bertz CT molecular complexity index is 706. The molecule has 3 rings (SSSR count). The van der Waals surface area contributed by atoms with Gasteiger partial charge >= 0.3 is 0 Å². The van der Waals surface area contributed by atoms with E-state index in [9.17, 15) is 0 Å². The lowest BCUT2D eigenvalue weighted by Gasteiger charge is -2.03. The summed E-state index contributed by atoms with van der Waals surface area (Å²) < 4.78 is 5.55. The molecular formula is C18H17NOS. The van der Waals surface area contributed by atoms with Gasteiger partial charge in [-0.25, -0.2) is 4.98 Å². The highest BCUT2D eigenvalue weighted by Gasteiger charge is 2.06. The van der Waals surface area contributed by atoms with Crippen LogP contribution in [0.25, 0.3) is 11.5 Å². The van der Waals surface area contributed by atoms with Gasteiger partial charge in [0.05, 0.1) is 5.69 Å². The van der Waals surface area contributed by atoms with E-state index >= 15 is 0 Å². The van der Waals surface area contributed by atoms with Crippen molar-refractivity contribution in [1.82, 2.24) is 4.98 Å². The first-order chi connectivity index (χ1) is 10.3. The molecule has 0 amide bonds. The Balaban J connectivity index is 1.60. The molecule has 0 radical (unpaired) electrons. The maximum atomic E-state index is 5.55. The molecule has 0 spiro atoms. The Hall–Kier alpha value is -2.00. The highest BCUT2D eigenvalue weighted by molar-refractivity contribution is 7.97. The molecule has 0 saturated heterocycles. The van der Waals surface area contributed by atoms with Crippen LogP contribution in [0.2, 0.25) is 0 Å². The number of aryl methyl sites for hydroxylation is 1. The molecule has 0 unspecified atom stereocenters. The highest BCUT2D eigenvalue weighted by Crippen LogP contribution is 2.23. The van der Waals surface area contributed by atoms with Crippen molar-refractivity contribution < 1.29 is 4.42 Å². The second-order valence-electron chi connectivity index (χ2n) is 4.93. The fraction of sp³-hybridized carbons (Fsp3) is 0.167. The quantitative estimate of drug-likeness (QED) is 0.656. The first-order valence-corrected chi connectivity index (χ1v) is 8.10. The van der Waals surface area contributed by atoms with Gasteiger partial charge in [-0.15, -0.1) is 0 Å². The van der Waals surface area contributed by atoms with E-state index in [2.05, 4.69) is 36.2 Å². The van der Waals surface area contributed by atoms with Gasteiger partial charge in [-0.2, -0.15) is 11.8 Å². The Morgan fingerprint density at radius 3 is 2.52 bits per heavy atom. The normalized spacial score (nSPS) is 10.7. The van der Waals surface area contributed by atoms with Crippen LogP contribution in [0.5, 0.6) is 0 Å². The minimum absolute atomic E-state index is 0.696. The molecule has 3 heteroatoms. The van der Waals surface area contributed by atoms with Crippen LogP contribution >= 0.6 is 11.8 Å². The first kappa shape index (κ1) is 14.0. The Morgan fingerprint density at radius 2 is 1.71 bits per heavy atom. The van der Waals surface area contributed by atoms with Crippen molar-refractivity contribution in [1.29, 1.82) is 0 Å². The second kappa shape index (κ2) is 6.64. The summed E-state index contributed by atoms with van der Waals surface area (Å²) in [7, 11) is 0. The molecule has 0 aliphatic rings. The van der Waals surface area contributed by atoms with Gasteiger partial charge in [0.25, 0.3) is 0 Å². The summed E-state index contributed by atoms with van der Waals surface area (Å²) in [5, 5.41) is 0. The van der Waals surface area contributed by atoms with Crippen LogP contribution in [0.15, 0.2) is 65.3 Å². The molecular weight excluding hydrogens is 278 g/mol. The number of aromatic nitrogens is 1. The molecule has 0 fully saturated rings. The summed E-state index contributed by atoms with van der Waals surface area (Å²) in [6, 6.07) is 18.5. The number of hydrogen-bond donors (Lipinski definition) is 0. The molecule has 2 aromatic carbocycles. The number of hydrogen-bond acceptors (Lipinski definition) is 3. The third-order valence-corrected chi connectivity index (χ3v) is 4.36. The molecule has 0 N–H and O–H groups in total. The van der Waals surface area contributed by atoms with E-state index in [1.54, 1.807) is 6.26 Å². The molecule has 0 bridgehead atoms. The van der Waals surface area contributed by atoms with Gasteiger partial charge < -0.3 is 4.42 Å². The Labute approximate surface area is 129 Å². The monoisotopic (exact) mass is 295 g/mol. The lowest BCUT2D eigenvalue weighted by Crippen LogP contribution is -1.87. The number of benzene rings is 2. The maximum Gasteiger partial charge on any atom is 0.226 e. The number of rotatable bonds is 5. The largest absolute Gasteiger partial charge is 0.444 e. The fourth-order valence-corrected chi connectivity index (χ4v) is 3.11. The van der Waals surface area contributed by atoms with E-state index in [-0.39, 0.29) is 0 Å². The molecule has 1 aromatic heterocycles. The number of thioether (sulfide) groups is 1. The van der Waals surface area contributed by atoms with Crippen molar-refractivity contribution in [3.63, 3.8) is 0 Å². The van der Waals surface area contributed by atoms with E-state index in [0.717, 1.165) is 22.8 Å². The van der Waals surface area contributed by atoms with Crippen molar-refractivity contribution in [2.45, 2.75) is 18.4 Å². The van der Waals surface area contributed by atoms with Crippen LogP contribution < -0.4 is 0 Å². The van der Waals surface area contributed by atoms with Crippen LogP contribution in [-0.2, 0) is 11.5 Å². The van der Waals surface area contributed by atoms with Gasteiger partial charge in [-0.1, -0.05) is 42.5 Å². The summed E-state index contributed by atoms with van der Waals surface area (Å²) in [6.45, 7) is 2.15. The zero-order valence-corrected chi connectivity index (χ0v) is 12.8. The molecule has 2 nitrogen and oxygen atoms in total. The predicted molar refractivity (Wildman–Crippen MR) is 88.1 cm³/mol. The summed E-state index contributed by atoms with van der Waals surface area (Å²) in [5.41, 5.74) is 4.74. The maximum absolute atomic E-state index is 5.55. The lowest BCUT2D eigenvalue weighted by molar-refractivity contribution is 0.573. The van der Waals surface area contributed by atoms with E-state index in [1.807, 2.05) is 42.1 Å². The number of oxazole rings is 1. The van der Waals surface area contributed by atoms with E-state index in [0.29, 0.717) is 5.89 Å². The van der Waals surface area contributed by atoms with Crippen LogP contribution in [0, 0.1) is 6.92 Å². The first-order valence-electron chi connectivity index (χ1n) is 6.95. The van der Waals surface area contributed by atoms with Crippen LogP contribution in [-0.4, -0.2) is 4.98 Å². The van der Waals surface area contributed by atoms with Gasteiger partial charge in [-0.3, -0.25) is 0 Å². The van der Waals surface area contributed by atoms with Gasteiger partial charge in [0.2, 0.25) is 5.89 Å². The van der Waals surface area contributed by atoms with Crippen molar-refractivity contribution in [2.24, 2.45) is 0 Å². The Morgan fingerprint density at radius 1 is 0.952 bits per heavy atom. The molecule has 106 valence electrons. The predicted octanol–water partition coefficient (Wildman–Crippen LogP) is 5.08. The summed E-state index contributed by atoms with van der Waals surface area (Å²) >= 11 is 1.86. The van der Waals surface area contributed by atoms with Gasteiger partial charge in [0, 0.05) is 17.1 Å². The fourth-order valence-electron chi connectivity index (χ4n) is 2.12. The molecule has 0 aliphatic heterocycles. The third-order valence-electron chi connectivity index (χ3n) is 3.34. The van der Waals surface area contributed by atoms with E-state index in [4.69, 9.17) is 4.42 Å². The standard InChI is InChI=1S/C18H17NOS/c1-14-7-5-6-10-16(14)12-21-13-17-11-20-18(19-17)15-8-3-2-4-9-15/h2-11H,12-13H2,1H3. The summed E-state index contributed by atoms with van der Waals surface area (Å²) in [4.78, 5) is 4.55. The van der Waals surface area contributed by atoms with Crippen molar-refractivity contribution in [3.8, 4) is 11.5 Å². The lowest BCUT2D eigenvalue weighted by atomic mass is 10.1. The number of nitrogens with zero attached hydrogens (tertiary/aromatic N) is 1. The summed E-state index contributed by atoms with van der Waals surface area (Å²) in [5.74, 6) is 2.56. The molecule has 0 atom stereocenters. The van der Waals surface area contributed by atoms with Gasteiger partial charge in [0.1, 0.15) is 6.26 Å². The third kappa shape index (κ3) is 3.56. The van der Waals surface area contributed by atoms with E-state index in [1.165, 1.54) is 11.1 Å². The molecule has 0 saturated carbocycles. The SMILES string of the molecule is Cc1ccccc1CSCc1coc(-c2ccccc2)n1. The highest BCUT2D eigenvalue weighted by atomic mass is 32.2. The van der Waals surface area contributed by atoms with Crippen LogP contribution in [0.4, 0.5) is 0 Å². The second-order valence-corrected chi connectivity index (χ2v) is 5.91. The molecule has 21 heavy (non-hydrogen) atoms. The van der Waals surface area contributed by atoms with E-state index < -0.39 is 0 Å². The zero-order valence-electron chi connectivity index (χ0n) is 12.0. The average Bonchev–Trinajstić information content (AvgIpc) is 2.99. The smallest absolute Gasteiger partial charge is 0.226 e. The topological polar surface area (TPSA) is 26.0 Å². The average molecular weight is 295 g/mol. The molecule has 3 aromatic rings. The summed E-state index contributed by atoms with van der Waals surface area (Å²) in [6.07, 6.45) is 1.76. The van der Waals surface area contributed by atoms with Crippen molar-refractivity contribution in [2.75, 3.05) is 0 Å². The Kier molecular flexibility index (Phi) is 4.41. The molecule has 1 heterocycles. The molecule has 0 aliphatic carbocycles. The van der Waals surface area contributed by atoms with Crippen LogP contribution in [0.3, 0.4) is 0 Å². The van der Waals surface area contributed by atoms with Crippen molar-refractivity contribution in [3.05, 3.63) is 77.7 Å². The van der Waals surface area contributed by atoms with Gasteiger partial charge in [0.15, 0.2) is 0 Å². The minimum atomic E-state index is 0.696. The van der Waals surface area contributed by atoms with Crippen molar-refractivity contribution >= 4 is 11.8 Å². The zero-order chi connectivity index (χ0) is 14.5. The van der Waals surface area contributed by atoms with Gasteiger partial charge in [-0.05, 0) is 30.2 Å².